The minimum absolute atomic E-state index is 0.0353. The number of halogens is 2. The van der Waals surface area contributed by atoms with Crippen molar-refractivity contribution >= 4 is 11.6 Å². The maximum absolute atomic E-state index is 13.5. The van der Waals surface area contributed by atoms with E-state index in [-0.39, 0.29) is 24.4 Å². The molecule has 3 rings (SSSR count). The Morgan fingerprint density at radius 1 is 1.36 bits per heavy atom. The molecule has 1 amide bonds. The Balaban J connectivity index is 1.66. The van der Waals surface area contributed by atoms with E-state index >= 15 is 0 Å². The summed E-state index contributed by atoms with van der Waals surface area (Å²) < 4.78 is 28.5. The zero-order valence-corrected chi connectivity index (χ0v) is 14.6. The molecule has 0 aromatic carbocycles. The van der Waals surface area contributed by atoms with Crippen molar-refractivity contribution < 1.29 is 13.6 Å². The van der Waals surface area contributed by atoms with Crippen molar-refractivity contribution in [2.75, 3.05) is 25.0 Å². The number of nitrogens with zero attached hydrogens (tertiary/aromatic N) is 2. The molecule has 2 aliphatic rings. The van der Waals surface area contributed by atoms with Crippen molar-refractivity contribution in [2.45, 2.75) is 57.4 Å². The third-order valence-corrected chi connectivity index (χ3v) is 4.81. The maximum Gasteiger partial charge on any atom is 0.274 e. The van der Waals surface area contributed by atoms with Crippen molar-refractivity contribution in [3.8, 4) is 0 Å². The van der Waals surface area contributed by atoms with Gasteiger partial charge in [0.2, 0.25) is 5.91 Å². The standard InChI is InChI=1S/C18H25F2N3O2/c1-13(24)21-16-10-15(14-4-5-14)11-23(17(16)25)9-3-8-22-7-2-6-18(19,20)12-22/h10-11,14H,2-9,12H2,1H3,(H,21,24). The summed E-state index contributed by atoms with van der Waals surface area (Å²) in [5.41, 5.74) is 1.14. The number of amides is 1. The number of anilines is 1. The third-order valence-electron chi connectivity index (χ3n) is 4.81. The first kappa shape index (κ1) is 18.0. The van der Waals surface area contributed by atoms with Gasteiger partial charge in [0.05, 0.1) is 6.54 Å². The van der Waals surface area contributed by atoms with Gasteiger partial charge < -0.3 is 9.88 Å². The molecule has 0 radical (unpaired) electrons. The van der Waals surface area contributed by atoms with Gasteiger partial charge in [-0.05, 0) is 49.8 Å². The summed E-state index contributed by atoms with van der Waals surface area (Å²) in [6, 6.07) is 1.77. The van der Waals surface area contributed by atoms with E-state index in [0.29, 0.717) is 44.1 Å². The largest absolute Gasteiger partial charge is 0.322 e. The van der Waals surface area contributed by atoms with Crippen LogP contribution in [0.2, 0.25) is 0 Å². The molecule has 0 spiro atoms. The monoisotopic (exact) mass is 353 g/mol. The number of carbonyl (C=O) groups is 1. The minimum atomic E-state index is -2.60. The lowest BCUT2D eigenvalue weighted by molar-refractivity contribution is -0.114. The number of piperidine rings is 1. The van der Waals surface area contributed by atoms with E-state index in [0.717, 1.165) is 18.4 Å². The van der Waals surface area contributed by atoms with Crippen LogP contribution in [0.4, 0.5) is 14.5 Å². The average Bonchev–Trinajstić information content (AvgIpc) is 3.34. The third kappa shape index (κ3) is 4.87. The van der Waals surface area contributed by atoms with Gasteiger partial charge in [-0.2, -0.15) is 0 Å². The minimum Gasteiger partial charge on any atom is -0.322 e. The Bertz CT molecular complexity index is 698. The zero-order chi connectivity index (χ0) is 18.0. The summed E-state index contributed by atoms with van der Waals surface area (Å²) in [5.74, 6) is -2.41. The second-order valence-corrected chi connectivity index (χ2v) is 7.23. The van der Waals surface area contributed by atoms with Gasteiger partial charge in [-0.15, -0.1) is 0 Å². The Morgan fingerprint density at radius 2 is 2.12 bits per heavy atom. The Labute approximate surface area is 146 Å². The van der Waals surface area contributed by atoms with Crippen molar-refractivity contribution in [1.29, 1.82) is 0 Å². The number of hydrogen-bond acceptors (Lipinski definition) is 3. The molecule has 1 saturated heterocycles. The van der Waals surface area contributed by atoms with E-state index in [1.165, 1.54) is 6.92 Å². The summed E-state index contributed by atoms with van der Waals surface area (Å²) in [6.45, 7) is 2.88. The molecule has 1 saturated carbocycles. The second kappa shape index (κ2) is 7.23. The first-order chi connectivity index (χ1) is 11.8. The molecule has 1 N–H and O–H groups in total. The van der Waals surface area contributed by atoms with Gasteiger partial charge in [0.15, 0.2) is 0 Å². The molecule has 1 aromatic heterocycles. The van der Waals surface area contributed by atoms with E-state index in [1.807, 2.05) is 6.20 Å². The lowest BCUT2D eigenvalue weighted by Crippen LogP contribution is -2.43. The second-order valence-electron chi connectivity index (χ2n) is 7.23. The van der Waals surface area contributed by atoms with Crippen LogP contribution in [0.1, 0.15) is 50.5 Å². The molecule has 1 aliphatic carbocycles. The highest BCUT2D eigenvalue weighted by molar-refractivity contribution is 5.88. The van der Waals surface area contributed by atoms with Crippen LogP contribution in [0.25, 0.3) is 0 Å². The van der Waals surface area contributed by atoms with E-state index in [4.69, 9.17) is 0 Å². The number of carbonyl (C=O) groups excluding carboxylic acids is 1. The number of hydrogen-bond donors (Lipinski definition) is 1. The summed E-state index contributed by atoms with van der Waals surface area (Å²) in [5, 5.41) is 2.61. The van der Waals surface area contributed by atoms with Gasteiger partial charge in [-0.1, -0.05) is 0 Å². The quantitative estimate of drug-likeness (QED) is 0.856. The fraction of sp³-hybridized carbons (Fsp3) is 0.667. The van der Waals surface area contributed by atoms with E-state index < -0.39 is 5.92 Å². The number of alkyl halides is 2. The Kier molecular flexibility index (Phi) is 5.22. The fourth-order valence-electron chi connectivity index (χ4n) is 3.45. The molecular weight excluding hydrogens is 328 g/mol. The maximum atomic E-state index is 13.5. The van der Waals surface area contributed by atoms with Crippen molar-refractivity contribution in [3.63, 3.8) is 0 Å². The highest BCUT2D eigenvalue weighted by Crippen LogP contribution is 2.40. The van der Waals surface area contributed by atoms with Crippen LogP contribution in [-0.2, 0) is 11.3 Å². The molecule has 2 fully saturated rings. The fourth-order valence-corrected chi connectivity index (χ4v) is 3.45. The number of aryl methyl sites for hydroxylation is 1. The molecule has 0 atom stereocenters. The predicted molar refractivity (Wildman–Crippen MR) is 92.2 cm³/mol. The van der Waals surface area contributed by atoms with E-state index in [1.54, 1.807) is 15.5 Å². The predicted octanol–water partition coefficient (Wildman–Crippen LogP) is 2.81. The van der Waals surface area contributed by atoms with Gasteiger partial charge in [0.25, 0.3) is 11.5 Å². The molecule has 7 heteroatoms. The molecular formula is C18H25F2N3O2. The first-order valence-electron chi connectivity index (χ1n) is 8.96. The lowest BCUT2D eigenvalue weighted by atomic mass is 10.1. The molecule has 0 bridgehead atoms. The van der Waals surface area contributed by atoms with Gasteiger partial charge >= 0.3 is 0 Å². The van der Waals surface area contributed by atoms with Crippen LogP contribution in [-0.4, -0.2) is 40.9 Å². The molecule has 0 unspecified atom stereocenters. The van der Waals surface area contributed by atoms with E-state index in [9.17, 15) is 18.4 Å². The van der Waals surface area contributed by atoms with Crippen LogP contribution in [0, 0.1) is 0 Å². The van der Waals surface area contributed by atoms with Crippen molar-refractivity contribution in [3.05, 3.63) is 28.2 Å². The normalized spacial score (nSPS) is 20.4. The number of aromatic nitrogens is 1. The van der Waals surface area contributed by atoms with Crippen LogP contribution < -0.4 is 10.9 Å². The van der Waals surface area contributed by atoms with E-state index in [2.05, 4.69) is 5.32 Å². The molecule has 138 valence electrons. The zero-order valence-electron chi connectivity index (χ0n) is 14.6. The van der Waals surface area contributed by atoms with Crippen LogP contribution in [0.15, 0.2) is 17.1 Å². The van der Waals surface area contributed by atoms with Gasteiger partial charge in [-0.25, -0.2) is 8.78 Å². The topological polar surface area (TPSA) is 54.3 Å². The molecule has 1 aromatic rings. The number of rotatable bonds is 6. The highest BCUT2D eigenvalue weighted by Gasteiger charge is 2.34. The van der Waals surface area contributed by atoms with Crippen LogP contribution >= 0.6 is 0 Å². The smallest absolute Gasteiger partial charge is 0.274 e. The highest BCUT2D eigenvalue weighted by atomic mass is 19.3. The summed E-state index contributed by atoms with van der Waals surface area (Å²) in [7, 11) is 0. The summed E-state index contributed by atoms with van der Waals surface area (Å²) in [4.78, 5) is 25.6. The molecule has 5 nitrogen and oxygen atoms in total. The number of nitrogens with one attached hydrogen (secondary N) is 1. The summed E-state index contributed by atoms with van der Waals surface area (Å²) in [6.07, 6.45) is 5.16. The first-order valence-corrected chi connectivity index (χ1v) is 8.96. The van der Waals surface area contributed by atoms with Crippen molar-refractivity contribution in [1.82, 2.24) is 9.47 Å². The van der Waals surface area contributed by atoms with Gasteiger partial charge in [0, 0.05) is 32.6 Å². The number of likely N-dealkylation sites (tertiary alicyclic amines) is 1. The average molecular weight is 353 g/mol. The van der Waals surface area contributed by atoms with Crippen LogP contribution in [0.5, 0.6) is 0 Å². The molecule has 2 heterocycles. The Morgan fingerprint density at radius 3 is 2.76 bits per heavy atom. The van der Waals surface area contributed by atoms with Crippen molar-refractivity contribution in [2.24, 2.45) is 0 Å². The lowest BCUT2D eigenvalue weighted by Gasteiger charge is -2.32. The molecule has 25 heavy (non-hydrogen) atoms. The molecule has 1 aliphatic heterocycles. The number of pyridine rings is 1. The summed E-state index contributed by atoms with van der Waals surface area (Å²) >= 11 is 0. The SMILES string of the molecule is CC(=O)Nc1cc(C2CC2)cn(CCCN2CCCC(F)(F)C2)c1=O. The van der Waals surface area contributed by atoms with Gasteiger partial charge in [-0.3, -0.25) is 14.5 Å². The van der Waals surface area contributed by atoms with Crippen LogP contribution in [0.3, 0.4) is 0 Å². The Hall–Kier alpha value is -1.76. The van der Waals surface area contributed by atoms with Gasteiger partial charge in [0.1, 0.15) is 5.69 Å².